The van der Waals surface area contributed by atoms with Gasteiger partial charge in [0.1, 0.15) is 0 Å². The molecule has 2 aromatic rings. The van der Waals surface area contributed by atoms with E-state index in [-0.39, 0.29) is 6.61 Å². The number of nitrogens with zero attached hydrogens (tertiary/aromatic N) is 2. The Kier molecular flexibility index (Phi) is 5.66. The molecule has 0 spiro atoms. The molecular formula is C17H24N2OS2. The molecule has 0 aromatic carbocycles. The Balaban J connectivity index is 1.61. The fraction of sp³-hybridized carbons (Fsp3) is 0.529. The van der Waals surface area contributed by atoms with E-state index >= 15 is 0 Å². The summed E-state index contributed by atoms with van der Waals surface area (Å²) in [5.74, 6) is 0. The van der Waals surface area contributed by atoms with Gasteiger partial charge in [-0.2, -0.15) is 0 Å². The first kappa shape index (κ1) is 16.1. The SMILES string of the molecule is Cc1ccsc1CN1CCN(Cc2cccs2)[C@@H](CCO)C1. The maximum atomic E-state index is 9.41. The molecule has 1 N–H and O–H groups in total. The van der Waals surface area contributed by atoms with Gasteiger partial charge < -0.3 is 5.11 Å². The quantitative estimate of drug-likeness (QED) is 0.878. The first-order chi connectivity index (χ1) is 10.8. The van der Waals surface area contributed by atoms with Crippen molar-refractivity contribution in [2.75, 3.05) is 26.2 Å². The van der Waals surface area contributed by atoms with E-state index < -0.39 is 0 Å². The minimum atomic E-state index is 0.275. The summed E-state index contributed by atoms with van der Waals surface area (Å²) in [6.45, 7) is 7.81. The van der Waals surface area contributed by atoms with Crippen molar-refractivity contribution in [1.29, 1.82) is 0 Å². The number of piperazine rings is 1. The third-order valence-electron chi connectivity index (χ3n) is 4.43. The molecule has 1 aliphatic heterocycles. The minimum absolute atomic E-state index is 0.275. The second kappa shape index (κ2) is 7.70. The van der Waals surface area contributed by atoms with E-state index in [4.69, 9.17) is 0 Å². The lowest BCUT2D eigenvalue weighted by molar-refractivity contribution is 0.0510. The highest BCUT2D eigenvalue weighted by molar-refractivity contribution is 7.10. The topological polar surface area (TPSA) is 26.7 Å². The van der Waals surface area contributed by atoms with Gasteiger partial charge in [0.05, 0.1) is 0 Å². The van der Waals surface area contributed by atoms with Crippen LogP contribution < -0.4 is 0 Å². The van der Waals surface area contributed by atoms with Crippen LogP contribution in [0.5, 0.6) is 0 Å². The summed E-state index contributed by atoms with van der Waals surface area (Å²) in [5, 5.41) is 13.7. The summed E-state index contributed by atoms with van der Waals surface area (Å²) in [6.07, 6.45) is 0.866. The zero-order valence-corrected chi connectivity index (χ0v) is 14.7. The van der Waals surface area contributed by atoms with Crippen molar-refractivity contribution in [3.05, 3.63) is 44.3 Å². The number of thiophene rings is 2. The lowest BCUT2D eigenvalue weighted by Crippen LogP contribution is -2.52. The van der Waals surface area contributed by atoms with E-state index in [9.17, 15) is 5.11 Å². The number of aliphatic hydroxyl groups excluding tert-OH is 1. The highest BCUT2D eigenvalue weighted by Crippen LogP contribution is 2.23. The summed E-state index contributed by atoms with van der Waals surface area (Å²) < 4.78 is 0. The molecule has 3 nitrogen and oxygen atoms in total. The van der Waals surface area contributed by atoms with Crippen LogP contribution in [0.15, 0.2) is 29.0 Å². The normalized spacial score (nSPS) is 20.5. The number of hydrogen-bond acceptors (Lipinski definition) is 5. The van der Waals surface area contributed by atoms with Gasteiger partial charge in [0.15, 0.2) is 0 Å². The molecule has 1 atom stereocenters. The molecule has 0 saturated carbocycles. The second-order valence-corrected chi connectivity index (χ2v) is 8.01. The van der Waals surface area contributed by atoms with Crippen LogP contribution in [-0.4, -0.2) is 47.2 Å². The smallest absolute Gasteiger partial charge is 0.0446 e. The number of rotatable bonds is 6. The maximum absolute atomic E-state index is 9.41. The maximum Gasteiger partial charge on any atom is 0.0446 e. The number of aryl methyl sites for hydroxylation is 1. The van der Waals surface area contributed by atoms with Crippen LogP contribution in [0.2, 0.25) is 0 Å². The zero-order valence-electron chi connectivity index (χ0n) is 13.1. The molecule has 1 fully saturated rings. The van der Waals surface area contributed by atoms with Gasteiger partial charge in [0.25, 0.3) is 0 Å². The molecule has 5 heteroatoms. The van der Waals surface area contributed by atoms with E-state index in [1.165, 1.54) is 15.3 Å². The van der Waals surface area contributed by atoms with Gasteiger partial charge in [-0.15, -0.1) is 22.7 Å². The summed E-state index contributed by atoms with van der Waals surface area (Å²) in [7, 11) is 0. The molecule has 0 unspecified atom stereocenters. The molecule has 3 heterocycles. The van der Waals surface area contributed by atoms with Gasteiger partial charge in [-0.3, -0.25) is 9.80 Å². The van der Waals surface area contributed by atoms with E-state index in [0.717, 1.165) is 39.1 Å². The molecular weight excluding hydrogens is 312 g/mol. The molecule has 0 radical (unpaired) electrons. The van der Waals surface area contributed by atoms with Crippen LogP contribution in [0.4, 0.5) is 0 Å². The van der Waals surface area contributed by atoms with Gasteiger partial charge in [0.2, 0.25) is 0 Å². The highest BCUT2D eigenvalue weighted by atomic mass is 32.1. The molecule has 2 aromatic heterocycles. The average Bonchev–Trinajstić information content (AvgIpc) is 3.15. The van der Waals surface area contributed by atoms with Crippen LogP contribution >= 0.6 is 22.7 Å². The van der Waals surface area contributed by atoms with Crippen molar-refractivity contribution in [3.8, 4) is 0 Å². The molecule has 0 bridgehead atoms. The second-order valence-electron chi connectivity index (χ2n) is 5.98. The summed E-state index contributed by atoms with van der Waals surface area (Å²) in [6, 6.07) is 7.00. The van der Waals surface area contributed by atoms with Crippen LogP contribution in [-0.2, 0) is 13.1 Å². The monoisotopic (exact) mass is 336 g/mol. The zero-order chi connectivity index (χ0) is 15.4. The number of hydrogen-bond donors (Lipinski definition) is 1. The lowest BCUT2D eigenvalue weighted by atomic mass is 10.1. The largest absolute Gasteiger partial charge is 0.396 e. The fourth-order valence-electron chi connectivity index (χ4n) is 3.10. The first-order valence-electron chi connectivity index (χ1n) is 7.89. The first-order valence-corrected chi connectivity index (χ1v) is 9.65. The minimum Gasteiger partial charge on any atom is -0.396 e. The van der Waals surface area contributed by atoms with Crippen molar-refractivity contribution in [2.24, 2.45) is 0 Å². The summed E-state index contributed by atoms with van der Waals surface area (Å²) >= 11 is 3.69. The van der Waals surface area contributed by atoms with Gasteiger partial charge in [-0.1, -0.05) is 6.07 Å². The van der Waals surface area contributed by atoms with Crippen LogP contribution in [0, 0.1) is 6.92 Å². The number of aliphatic hydroxyl groups is 1. The Bertz CT molecular complexity index is 567. The van der Waals surface area contributed by atoms with E-state index in [1.807, 2.05) is 22.7 Å². The van der Waals surface area contributed by atoms with Crippen molar-refractivity contribution < 1.29 is 5.11 Å². The lowest BCUT2D eigenvalue weighted by Gasteiger charge is -2.41. The third kappa shape index (κ3) is 3.97. The van der Waals surface area contributed by atoms with Gasteiger partial charge in [0, 0.05) is 55.1 Å². The Labute approximate surface area is 140 Å². The molecule has 0 aliphatic carbocycles. The summed E-state index contributed by atoms with van der Waals surface area (Å²) in [5.41, 5.74) is 1.41. The Morgan fingerprint density at radius 1 is 1.18 bits per heavy atom. The van der Waals surface area contributed by atoms with Gasteiger partial charge >= 0.3 is 0 Å². The third-order valence-corrected chi connectivity index (χ3v) is 6.29. The van der Waals surface area contributed by atoms with Crippen molar-refractivity contribution in [3.63, 3.8) is 0 Å². The van der Waals surface area contributed by atoms with Crippen LogP contribution in [0.1, 0.15) is 21.7 Å². The van der Waals surface area contributed by atoms with Crippen molar-refractivity contribution in [1.82, 2.24) is 9.80 Å². The Morgan fingerprint density at radius 3 is 2.77 bits per heavy atom. The Morgan fingerprint density at radius 2 is 2.09 bits per heavy atom. The molecule has 1 aliphatic rings. The molecule has 3 rings (SSSR count). The molecule has 0 amide bonds. The highest BCUT2D eigenvalue weighted by Gasteiger charge is 2.27. The molecule has 22 heavy (non-hydrogen) atoms. The Hall–Kier alpha value is -0.720. The van der Waals surface area contributed by atoms with Gasteiger partial charge in [-0.25, -0.2) is 0 Å². The van der Waals surface area contributed by atoms with Gasteiger partial charge in [-0.05, 0) is 41.8 Å². The molecule has 120 valence electrons. The molecule has 1 saturated heterocycles. The summed E-state index contributed by atoms with van der Waals surface area (Å²) in [4.78, 5) is 7.99. The predicted molar refractivity (Wildman–Crippen MR) is 94.6 cm³/mol. The van der Waals surface area contributed by atoms with E-state index in [1.54, 1.807) is 0 Å². The van der Waals surface area contributed by atoms with Crippen molar-refractivity contribution >= 4 is 22.7 Å². The predicted octanol–water partition coefficient (Wildman–Crippen LogP) is 3.19. The van der Waals surface area contributed by atoms with E-state index in [0.29, 0.717) is 6.04 Å². The van der Waals surface area contributed by atoms with Crippen LogP contribution in [0.3, 0.4) is 0 Å². The average molecular weight is 337 g/mol. The van der Waals surface area contributed by atoms with Crippen LogP contribution in [0.25, 0.3) is 0 Å². The standard InChI is InChI=1S/C17H24N2OS2/c1-14-5-10-22-17(14)13-18-6-7-19(15(11-18)4-8-20)12-16-3-2-9-21-16/h2-3,5,9-10,15,20H,4,6-8,11-13H2,1H3/t15-/m0/s1. The van der Waals surface area contributed by atoms with Crippen molar-refractivity contribution in [2.45, 2.75) is 32.5 Å². The van der Waals surface area contributed by atoms with E-state index in [2.05, 4.69) is 45.7 Å². The fourth-order valence-corrected chi connectivity index (χ4v) is 4.78.